The summed E-state index contributed by atoms with van der Waals surface area (Å²) >= 11 is 0. The Bertz CT molecular complexity index is 2040. The molecule has 1 aromatic heterocycles. The molecule has 0 spiro atoms. The molecule has 6 rings (SSSR count). The van der Waals surface area contributed by atoms with Crippen LogP contribution in [-0.2, 0) is 42.9 Å². The molecule has 65 heavy (non-hydrogen) atoms. The number of benzene rings is 1. The van der Waals surface area contributed by atoms with Gasteiger partial charge in [0.2, 0.25) is 5.79 Å². The average molecular weight is 902 g/mol. The fourth-order valence-corrected chi connectivity index (χ4v) is 11.0. The molecule has 0 radical (unpaired) electrons. The maximum absolute atomic E-state index is 14.5. The maximum Gasteiger partial charge on any atom is 0.329 e. The summed E-state index contributed by atoms with van der Waals surface area (Å²) in [6.45, 7) is 13.9. The van der Waals surface area contributed by atoms with Gasteiger partial charge in [-0.05, 0) is 132 Å². The summed E-state index contributed by atoms with van der Waals surface area (Å²) < 4.78 is 30.7. The molecule has 3 N–H and O–H groups in total. The van der Waals surface area contributed by atoms with E-state index in [2.05, 4.69) is 54.1 Å². The number of nitrogens with zero attached hydrogens (tertiary/aromatic N) is 1. The van der Waals surface area contributed by atoms with Gasteiger partial charge in [-0.1, -0.05) is 44.6 Å². The Morgan fingerprint density at radius 2 is 1.71 bits per heavy atom. The number of aromatic amines is 1. The van der Waals surface area contributed by atoms with Crippen LogP contribution in [0.2, 0.25) is 0 Å². The predicted octanol–water partition coefficient (Wildman–Crippen LogP) is 8.27. The fourth-order valence-electron chi connectivity index (χ4n) is 11.0. The highest BCUT2D eigenvalue weighted by atomic mass is 16.7. The molecule has 13 atom stereocenters. The molecular formula is C52H75N3O10. The third-order valence-electron chi connectivity index (χ3n) is 14.7. The van der Waals surface area contributed by atoms with E-state index in [9.17, 15) is 24.3 Å². The van der Waals surface area contributed by atoms with E-state index >= 15 is 0 Å². The highest BCUT2D eigenvalue weighted by Crippen LogP contribution is 2.39. The number of aromatic nitrogens is 1. The van der Waals surface area contributed by atoms with Gasteiger partial charge in [0, 0.05) is 68.9 Å². The number of ketones is 2. The molecule has 2 saturated heterocycles. The molecule has 2 aromatic rings. The van der Waals surface area contributed by atoms with Crippen molar-refractivity contribution >= 4 is 40.0 Å². The molecule has 13 heteroatoms. The summed E-state index contributed by atoms with van der Waals surface area (Å²) in [5.41, 5.74) is 4.03. The maximum atomic E-state index is 14.5. The molecule has 1 aliphatic carbocycles. The zero-order valence-corrected chi connectivity index (χ0v) is 40.0. The first-order chi connectivity index (χ1) is 31.1. The van der Waals surface area contributed by atoms with E-state index in [4.69, 9.17) is 23.7 Å². The number of methoxy groups -OCH3 is 3. The number of hydrogen-bond donors (Lipinski definition) is 3. The van der Waals surface area contributed by atoms with Gasteiger partial charge in [0.1, 0.15) is 24.0 Å². The van der Waals surface area contributed by atoms with Gasteiger partial charge >= 0.3 is 5.97 Å². The smallest absolute Gasteiger partial charge is 0.329 e. The number of esters is 1. The van der Waals surface area contributed by atoms with Crippen molar-refractivity contribution in [1.29, 1.82) is 0 Å². The van der Waals surface area contributed by atoms with Crippen molar-refractivity contribution < 1.29 is 48.0 Å². The topological polar surface area (TPSA) is 166 Å². The third kappa shape index (κ3) is 11.9. The van der Waals surface area contributed by atoms with Crippen molar-refractivity contribution in [3.63, 3.8) is 0 Å². The summed E-state index contributed by atoms with van der Waals surface area (Å²) in [5.74, 6) is -6.32. The van der Waals surface area contributed by atoms with Gasteiger partial charge in [0.25, 0.3) is 11.7 Å². The number of nitrogens with one attached hydrogen (secondary N) is 2. The highest BCUT2D eigenvalue weighted by Gasteiger charge is 2.56. The lowest BCUT2D eigenvalue weighted by Gasteiger charge is -2.47. The molecule has 13 unspecified atom stereocenters. The van der Waals surface area contributed by atoms with Gasteiger partial charge in [-0.3, -0.25) is 14.4 Å². The van der Waals surface area contributed by atoms with Crippen LogP contribution in [0.15, 0.2) is 66.4 Å². The number of amides is 1. The molecule has 1 amide bonds. The van der Waals surface area contributed by atoms with Gasteiger partial charge in [-0.15, -0.1) is 6.58 Å². The summed E-state index contributed by atoms with van der Waals surface area (Å²) in [6.07, 6.45) is 11.9. The quantitative estimate of drug-likeness (QED) is 0.126. The van der Waals surface area contributed by atoms with Gasteiger partial charge in [-0.25, -0.2) is 4.79 Å². The number of ether oxygens (including phenoxy) is 5. The number of piperidine rings is 1. The van der Waals surface area contributed by atoms with Gasteiger partial charge in [0.15, 0.2) is 0 Å². The molecule has 1 aromatic carbocycles. The average Bonchev–Trinajstić information content (AvgIpc) is 3.77. The van der Waals surface area contributed by atoms with Gasteiger partial charge in [-0.2, -0.15) is 0 Å². The zero-order chi connectivity index (χ0) is 47.0. The first kappa shape index (κ1) is 50.3. The number of H-pyrrole nitrogens is 1. The summed E-state index contributed by atoms with van der Waals surface area (Å²) in [6, 6.07) is 7.41. The molecule has 2 bridgehead atoms. The van der Waals surface area contributed by atoms with Crippen molar-refractivity contribution in [2.45, 2.75) is 160 Å². The minimum Gasteiger partial charge on any atom is -0.456 e. The number of allylic oxidation sites excluding steroid dienone is 4. The van der Waals surface area contributed by atoms with E-state index < -0.39 is 59.8 Å². The number of carbonyl (C=O) groups is 4. The Labute approximate surface area is 386 Å². The minimum atomic E-state index is -2.48. The first-order valence-corrected chi connectivity index (χ1v) is 24.0. The second-order valence-corrected chi connectivity index (χ2v) is 19.6. The van der Waals surface area contributed by atoms with Crippen molar-refractivity contribution in [2.75, 3.05) is 33.2 Å². The molecule has 1 saturated carbocycles. The lowest BCUT2D eigenvalue weighted by Crippen LogP contribution is -2.64. The lowest BCUT2D eigenvalue weighted by atomic mass is 9.81. The number of aliphatic hydroxyl groups is 1. The number of Topliss-reactive ketones (excluding diaryl/α,β-unsaturated/α-hetero) is 2. The van der Waals surface area contributed by atoms with Crippen LogP contribution in [0.5, 0.6) is 0 Å². The van der Waals surface area contributed by atoms with Crippen molar-refractivity contribution in [3.8, 4) is 0 Å². The van der Waals surface area contributed by atoms with Crippen molar-refractivity contribution in [3.05, 3.63) is 66.4 Å². The fraction of sp³-hybridized carbons (Fsp3) is 0.654. The van der Waals surface area contributed by atoms with Gasteiger partial charge < -0.3 is 44.0 Å². The second-order valence-electron chi connectivity index (χ2n) is 19.6. The third-order valence-corrected chi connectivity index (χ3v) is 14.7. The highest BCUT2D eigenvalue weighted by molar-refractivity contribution is 6.39. The minimum absolute atomic E-state index is 0.0637. The zero-order valence-electron chi connectivity index (χ0n) is 40.0. The van der Waals surface area contributed by atoms with Crippen LogP contribution in [-0.4, -0.2) is 115 Å². The molecule has 4 aliphatic rings. The van der Waals surface area contributed by atoms with Crippen molar-refractivity contribution in [1.82, 2.24) is 9.88 Å². The number of rotatable bonds is 9. The van der Waals surface area contributed by atoms with Crippen molar-refractivity contribution in [2.24, 2.45) is 29.6 Å². The Kier molecular flexibility index (Phi) is 17.5. The molecule has 3 fully saturated rings. The first-order valence-electron chi connectivity index (χ1n) is 24.0. The van der Waals surface area contributed by atoms with Crippen LogP contribution in [0, 0.1) is 29.6 Å². The summed E-state index contributed by atoms with van der Waals surface area (Å²) in [5, 5.41) is 17.0. The SMILES string of the molecule is C=CCC1C=C(C)CC(C)CC(OC)C2OC(O)(C(=O)C(=O)N3CCCCC3C(=O)OC(C(C)=CC3CCC(Nc4ccc5[nH]ccc5c4)C(OC)C3)C(C)CCC1=O)C(C)CC2OC. The number of fused-ring (bicyclic) bond motifs is 4. The Balaban J connectivity index is 1.29. The Morgan fingerprint density at radius 3 is 2.43 bits per heavy atom. The number of carbonyl (C=O) groups excluding carboxylic acids is 4. The summed E-state index contributed by atoms with van der Waals surface area (Å²) in [7, 11) is 4.86. The predicted molar refractivity (Wildman–Crippen MR) is 251 cm³/mol. The Hall–Kier alpha value is -4.14. The number of hydrogen-bond acceptors (Lipinski definition) is 11. The molecular weight excluding hydrogens is 827 g/mol. The normalized spacial score (nSPS) is 35.4. The van der Waals surface area contributed by atoms with Crippen LogP contribution in [0.3, 0.4) is 0 Å². The van der Waals surface area contributed by atoms with E-state index in [1.807, 2.05) is 33.0 Å². The lowest BCUT2D eigenvalue weighted by molar-refractivity contribution is -0.302. The standard InChI is InChI=1S/C52H75N3O10/c1-10-13-38-25-31(2)24-32(3)26-45(62-8)48-46(63-9)28-35(6)52(60,65-48)49(57)50(58)55-23-12-11-14-42(55)51(59)64-47(33(4)15-20-43(38)56)34(5)27-36-16-18-41(44(29-36)61-7)54-39-17-19-40-37(30-39)21-22-53-40/h10,17,19,21-22,25,27,30,32-33,35-36,38,41-42,44-48,53-54,60H,1,11-16,18,20,23-24,26,28-29H2,2-9H3. The number of anilines is 1. The monoisotopic (exact) mass is 902 g/mol. The molecule has 13 nitrogen and oxygen atoms in total. The largest absolute Gasteiger partial charge is 0.456 e. The van der Waals surface area contributed by atoms with E-state index in [1.54, 1.807) is 34.3 Å². The van der Waals surface area contributed by atoms with Crippen LogP contribution in [0.1, 0.15) is 112 Å². The number of cyclic esters (lactones) is 1. The second kappa shape index (κ2) is 22.6. The molecule has 4 heterocycles. The molecule has 358 valence electrons. The molecule has 3 aliphatic heterocycles. The van der Waals surface area contributed by atoms with Crippen LogP contribution < -0.4 is 5.32 Å². The summed E-state index contributed by atoms with van der Waals surface area (Å²) in [4.78, 5) is 61.8. The van der Waals surface area contributed by atoms with E-state index in [1.165, 1.54) is 4.90 Å². The van der Waals surface area contributed by atoms with Gasteiger partial charge in [0.05, 0.1) is 24.4 Å². The van der Waals surface area contributed by atoms with E-state index in [0.29, 0.717) is 44.9 Å². The van der Waals surface area contributed by atoms with E-state index in [-0.39, 0.29) is 61.0 Å². The van der Waals surface area contributed by atoms with Crippen LogP contribution in [0.4, 0.5) is 5.69 Å². The Morgan fingerprint density at radius 1 is 0.969 bits per heavy atom. The van der Waals surface area contributed by atoms with Crippen LogP contribution in [0.25, 0.3) is 10.9 Å². The van der Waals surface area contributed by atoms with Crippen LogP contribution >= 0.6 is 0 Å². The van der Waals surface area contributed by atoms with E-state index in [0.717, 1.165) is 47.0 Å².